The molecule has 1 aliphatic heterocycles. The van der Waals surface area contributed by atoms with Crippen LogP contribution in [0.25, 0.3) is 0 Å². The Morgan fingerprint density at radius 3 is 2.90 bits per heavy atom. The van der Waals surface area contributed by atoms with Crippen LogP contribution < -0.4 is 5.32 Å². The molecule has 0 bridgehead atoms. The molecule has 3 unspecified atom stereocenters. The highest BCUT2D eigenvalue weighted by molar-refractivity contribution is 6.31. The summed E-state index contributed by atoms with van der Waals surface area (Å²) >= 11 is 6.37. The number of nitrogens with zero attached hydrogens (tertiary/aromatic N) is 3. The van der Waals surface area contributed by atoms with Crippen molar-refractivity contribution in [1.82, 2.24) is 20.0 Å². The lowest BCUT2D eigenvalue weighted by atomic mass is 9.95. The molecule has 0 spiro atoms. The van der Waals surface area contributed by atoms with Gasteiger partial charge in [-0.25, -0.2) is 0 Å². The SMILES string of the molecule is CNC(c1c(Cl)cnn1CCN(C)C)C1OCCC1C. The van der Waals surface area contributed by atoms with E-state index in [1.165, 1.54) is 0 Å². The smallest absolute Gasteiger partial charge is 0.0835 e. The van der Waals surface area contributed by atoms with E-state index in [-0.39, 0.29) is 12.1 Å². The first-order chi connectivity index (χ1) is 9.54. The molecule has 0 amide bonds. The fourth-order valence-corrected chi connectivity index (χ4v) is 3.01. The molecule has 3 atom stereocenters. The monoisotopic (exact) mass is 300 g/mol. The number of ether oxygens (including phenoxy) is 1. The van der Waals surface area contributed by atoms with Crippen LogP contribution in [0.5, 0.6) is 0 Å². The quantitative estimate of drug-likeness (QED) is 0.870. The average molecular weight is 301 g/mol. The Morgan fingerprint density at radius 2 is 2.35 bits per heavy atom. The van der Waals surface area contributed by atoms with Crippen molar-refractivity contribution in [3.63, 3.8) is 0 Å². The van der Waals surface area contributed by atoms with E-state index in [2.05, 4.69) is 36.3 Å². The summed E-state index contributed by atoms with van der Waals surface area (Å²) in [5, 5.41) is 8.49. The Kier molecular flexibility index (Phi) is 5.43. The van der Waals surface area contributed by atoms with E-state index >= 15 is 0 Å². The van der Waals surface area contributed by atoms with Gasteiger partial charge in [-0.05, 0) is 33.5 Å². The molecule has 0 aromatic carbocycles. The molecular formula is C14H25ClN4O. The van der Waals surface area contributed by atoms with Crippen LogP contribution in [0.4, 0.5) is 0 Å². The van der Waals surface area contributed by atoms with Gasteiger partial charge >= 0.3 is 0 Å². The van der Waals surface area contributed by atoms with Crippen molar-refractivity contribution < 1.29 is 4.74 Å². The molecule has 0 aliphatic carbocycles. The zero-order chi connectivity index (χ0) is 14.7. The summed E-state index contributed by atoms with van der Waals surface area (Å²) in [5.41, 5.74) is 1.04. The van der Waals surface area contributed by atoms with Gasteiger partial charge in [-0.1, -0.05) is 18.5 Å². The molecule has 1 aromatic heterocycles. The van der Waals surface area contributed by atoms with Gasteiger partial charge < -0.3 is 15.0 Å². The molecule has 1 N–H and O–H groups in total. The second kappa shape index (κ2) is 6.89. The zero-order valence-electron chi connectivity index (χ0n) is 12.8. The minimum Gasteiger partial charge on any atom is -0.376 e. The van der Waals surface area contributed by atoms with E-state index < -0.39 is 0 Å². The Labute approximate surface area is 126 Å². The van der Waals surface area contributed by atoms with Crippen LogP contribution >= 0.6 is 11.6 Å². The van der Waals surface area contributed by atoms with Crippen LogP contribution in [0.1, 0.15) is 25.1 Å². The summed E-state index contributed by atoms with van der Waals surface area (Å²) in [7, 11) is 6.07. The van der Waals surface area contributed by atoms with E-state index in [1.807, 2.05) is 11.7 Å². The van der Waals surface area contributed by atoms with Crippen LogP contribution in [0, 0.1) is 5.92 Å². The zero-order valence-corrected chi connectivity index (χ0v) is 13.5. The maximum atomic E-state index is 6.37. The van der Waals surface area contributed by atoms with Crippen molar-refractivity contribution >= 4 is 11.6 Å². The predicted molar refractivity (Wildman–Crippen MR) is 81.1 cm³/mol. The number of likely N-dealkylation sites (N-methyl/N-ethyl adjacent to an activating group) is 2. The summed E-state index contributed by atoms with van der Waals surface area (Å²) < 4.78 is 7.90. The van der Waals surface area contributed by atoms with Crippen molar-refractivity contribution in [1.29, 1.82) is 0 Å². The molecule has 0 radical (unpaired) electrons. The van der Waals surface area contributed by atoms with Crippen LogP contribution in [-0.2, 0) is 11.3 Å². The molecule has 5 nitrogen and oxygen atoms in total. The second-order valence-electron chi connectivity index (χ2n) is 5.77. The molecule has 6 heteroatoms. The van der Waals surface area contributed by atoms with Gasteiger partial charge in [0.1, 0.15) is 0 Å². The minimum absolute atomic E-state index is 0.0877. The third-order valence-electron chi connectivity index (χ3n) is 3.97. The predicted octanol–water partition coefficient (Wildman–Crippen LogP) is 1.78. The number of aromatic nitrogens is 2. The minimum atomic E-state index is 0.0877. The molecule has 1 fully saturated rings. The lowest BCUT2D eigenvalue weighted by molar-refractivity contribution is 0.0603. The maximum absolute atomic E-state index is 6.37. The first-order valence-corrected chi connectivity index (χ1v) is 7.57. The number of nitrogens with one attached hydrogen (secondary N) is 1. The van der Waals surface area contributed by atoms with Gasteiger partial charge in [0.25, 0.3) is 0 Å². The standard InChI is InChI=1S/C14H25ClN4O/c1-10-5-8-20-14(10)12(16-2)13-11(15)9-17-19(13)7-6-18(3)4/h9-10,12,14,16H,5-8H2,1-4H3. The van der Waals surface area contributed by atoms with Gasteiger partial charge in [-0.2, -0.15) is 5.10 Å². The van der Waals surface area contributed by atoms with Gasteiger partial charge in [0.05, 0.1) is 35.6 Å². The number of hydrogen-bond acceptors (Lipinski definition) is 4. The Hall–Kier alpha value is -0.620. The van der Waals surface area contributed by atoms with Crippen LogP contribution in [0.15, 0.2) is 6.20 Å². The lowest BCUT2D eigenvalue weighted by Gasteiger charge is -2.27. The fraction of sp³-hybridized carbons (Fsp3) is 0.786. The molecule has 1 saturated heterocycles. The Bertz CT molecular complexity index is 435. The molecule has 20 heavy (non-hydrogen) atoms. The summed E-state index contributed by atoms with van der Waals surface area (Å²) in [6, 6.07) is 0.0877. The topological polar surface area (TPSA) is 42.3 Å². The Balaban J connectivity index is 2.22. The van der Waals surface area contributed by atoms with E-state index in [0.717, 1.165) is 31.8 Å². The van der Waals surface area contributed by atoms with E-state index in [0.29, 0.717) is 10.9 Å². The van der Waals surface area contributed by atoms with Crippen LogP contribution in [-0.4, -0.2) is 55.1 Å². The fourth-order valence-electron chi connectivity index (χ4n) is 2.75. The molecular weight excluding hydrogens is 276 g/mol. The molecule has 0 saturated carbocycles. The van der Waals surface area contributed by atoms with Crippen molar-refractivity contribution in [2.75, 3.05) is 34.3 Å². The van der Waals surface area contributed by atoms with E-state index in [1.54, 1.807) is 6.20 Å². The third kappa shape index (κ3) is 3.34. The average Bonchev–Trinajstić information content (AvgIpc) is 2.97. The second-order valence-corrected chi connectivity index (χ2v) is 6.18. The first-order valence-electron chi connectivity index (χ1n) is 7.19. The summed E-state index contributed by atoms with van der Waals surface area (Å²) in [4.78, 5) is 2.14. The van der Waals surface area contributed by atoms with Gasteiger partial charge in [-0.15, -0.1) is 0 Å². The normalized spacial score (nSPS) is 24.5. The number of hydrogen-bond donors (Lipinski definition) is 1. The van der Waals surface area contributed by atoms with Crippen LogP contribution in [0.3, 0.4) is 0 Å². The van der Waals surface area contributed by atoms with Gasteiger partial charge in [-0.3, -0.25) is 4.68 Å². The van der Waals surface area contributed by atoms with Gasteiger partial charge in [0, 0.05) is 13.2 Å². The van der Waals surface area contributed by atoms with Crippen molar-refractivity contribution in [3.05, 3.63) is 16.9 Å². The summed E-state index contributed by atoms with van der Waals surface area (Å²) in [5.74, 6) is 0.528. The number of halogens is 1. The summed E-state index contributed by atoms with van der Waals surface area (Å²) in [6.45, 7) is 4.82. The highest BCUT2D eigenvalue weighted by Gasteiger charge is 2.35. The molecule has 1 aliphatic rings. The Morgan fingerprint density at radius 1 is 1.60 bits per heavy atom. The lowest BCUT2D eigenvalue weighted by Crippen LogP contribution is -2.35. The highest BCUT2D eigenvalue weighted by atomic mass is 35.5. The third-order valence-corrected chi connectivity index (χ3v) is 4.26. The molecule has 2 rings (SSSR count). The summed E-state index contributed by atoms with van der Waals surface area (Å²) in [6.07, 6.45) is 3.00. The molecule has 2 heterocycles. The van der Waals surface area contributed by atoms with E-state index in [9.17, 15) is 0 Å². The largest absolute Gasteiger partial charge is 0.376 e. The first kappa shape index (κ1) is 15.8. The van der Waals surface area contributed by atoms with Crippen molar-refractivity contribution in [2.45, 2.75) is 32.0 Å². The molecule has 114 valence electrons. The number of rotatable bonds is 6. The maximum Gasteiger partial charge on any atom is 0.0835 e. The van der Waals surface area contributed by atoms with Crippen molar-refractivity contribution in [2.24, 2.45) is 5.92 Å². The highest BCUT2D eigenvalue weighted by Crippen LogP contribution is 2.34. The molecule has 1 aromatic rings. The van der Waals surface area contributed by atoms with E-state index in [4.69, 9.17) is 16.3 Å². The van der Waals surface area contributed by atoms with Crippen LogP contribution in [0.2, 0.25) is 5.02 Å². The van der Waals surface area contributed by atoms with Crippen molar-refractivity contribution in [3.8, 4) is 0 Å². The van der Waals surface area contributed by atoms with Gasteiger partial charge in [0.15, 0.2) is 0 Å². The van der Waals surface area contributed by atoms with Gasteiger partial charge in [0.2, 0.25) is 0 Å².